The Morgan fingerprint density at radius 2 is 2.03 bits per heavy atom. The van der Waals surface area contributed by atoms with Gasteiger partial charge in [-0.05, 0) is 12.1 Å². The van der Waals surface area contributed by atoms with E-state index in [1.54, 1.807) is 6.20 Å². The van der Waals surface area contributed by atoms with Crippen LogP contribution in [0.5, 0.6) is 5.75 Å². The first kappa shape index (κ1) is 19.9. The van der Waals surface area contributed by atoms with Crippen LogP contribution in [0, 0.1) is 0 Å². The van der Waals surface area contributed by atoms with E-state index >= 15 is 0 Å². The lowest BCUT2D eigenvalue weighted by molar-refractivity contribution is -0.274. The smallest absolute Gasteiger partial charge is 0.406 e. The van der Waals surface area contributed by atoms with E-state index in [1.807, 2.05) is 0 Å². The Kier molecular flexibility index (Phi) is 5.40. The Balaban J connectivity index is 1.48. The number of benzene rings is 1. The van der Waals surface area contributed by atoms with E-state index in [2.05, 4.69) is 30.0 Å². The minimum atomic E-state index is -4.81. The van der Waals surface area contributed by atoms with Gasteiger partial charge < -0.3 is 19.7 Å². The molecule has 3 heterocycles. The van der Waals surface area contributed by atoms with Gasteiger partial charge in [-0.15, -0.1) is 13.2 Å². The fraction of sp³-hybridized carbons (Fsp3) is 0.333. The number of rotatable bonds is 5. The number of hydrogen-bond acceptors (Lipinski definition) is 7. The number of nitrogens with one attached hydrogen (secondary N) is 1. The summed E-state index contributed by atoms with van der Waals surface area (Å²) in [5.74, 6) is -0.185. The summed E-state index contributed by atoms with van der Waals surface area (Å²) in [6, 6.07) is 5.04. The third-order valence-corrected chi connectivity index (χ3v) is 4.37. The van der Waals surface area contributed by atoms with Gasteiger partial charge in [-0.3, -0.25) is 4.79 Å². The number of ether oxygens (including phenoxy) is 2. The maximum Gasteiger partial charge on any atom is 0.573 e. The van der Waals surface area contributed by atoms with Crippen molar-refractivity contribution in [2.75, 3.05) is 36.5 Å². The van der Waals surface area contributed by atoms with Crippen LogP contribution in [0.3, 0.4) is 0 Å². The minimum absolute atomic E-state index is 0.168. The van der Waals surface area contributed by atoms with Crippen molar-refractivity contribution in [3.05, 3.63) is 36.8 Å². The first-order valence-corrected chi connectivity index (χ1v) is 9.04. The van der Waals surface area contributed by atoms with Crippen LogP contribution in [0.15, 0.2) is 36.8 Å². The summed E-state index contributed by atoms with van der Waals surface area (Å²) in [5.41, 5.74) is 0.651. The van der Waals surface area contributed by atoms with Crippen molar-refractivity contribution in [1.82, 2.24) is 19.7 Å². The van der Waals surface area contributed by atoms with Gasteiger partial charge in [0.1, 0.15) is 24.4 Å². The molecular formula is C18H17F3N6O3. The summed E-state index contributed by atoms with van der Waals surface area (Å²) in [5, 5.41) is 7.45. The van der Waals surface area contributed by atoms with Crippen LogP contribution in [-0.4, -0.2) is 58.3 Å². The van der Waals surface area contributed by atoms with E-state index in [0.29, 0.717) is 43.2 Å². The molecule has 4 rings (SSSR count). The SMILES string of the molecule is O=C(Cn1ncc2c(N3CCOCC3)ncnc21)Nc1cccc(OC(F)(F)F)c1. The van der Waals surface area contributed by atoms with E-state index in [-0.39, 0.29) is 12.2 Å². The lowest BCUT2D eigenvalue weighted by atomic mass is 10.3. The Hall–Kier alpha value is -3.41. The molecule has 3 aromatic rings. The first-order chi connectivity index (χ1) is 14.4. The van der Waals surface area contributed by atoms with E-state index in [1.165, 1.54) is 23.1 Å². The van der Waals surface area contributed by atoms with Crippen LogP contribution in [0.25, 0.3) is 11.0 Å². The van der Waals surface area contributed by atoms with Gasteiger partial charge in [0.2, 0.25) is 5.91 Å². The lowest BCUT2D eigenvalue weighted by Crippen LogP contribution is -2.36. The summed E-state index contributed by atoms with van der Waals surface area (Å²) >= 11 is 0. The zero-order valence-electron chi connectivity index (χ0n) is 15.6. The lowest BCUT2D eigenvalue weighted by Gasteiger charge is -2.27. The average molecular weight is 422 g/mol. The predicted molar refractivity (Wildman–Crippen MR) is 100 cm³/mol. The highest BCUT2D eigenvalue weighted by molar-refractivity contribution is 5.92. The van der Waals surface area contributed by atoms with Gasteiger partial charge in [0, 0.05) is 24.8 Å². The molecule has 30 heavy (non-hydrogen) atoms. The maximum atomic E-state index is 12.4. The molecule has 0 unspecified atom stereocenters. The standard InChI is InChI=1S/C18H17F3N6O3/c19-18(20,21)30-13-3-1-2-12(8-13)25-15(28)10-27-17-14(9-24-27)16(22-11-23-17)26-4-6-29-7-5-26/h1-3,8-9,11H,4-7,10H2,(H,25,28). The topological polar surface area (TPSA) is 94.4 Å². The van der Waals surface area contributed by atoms with E-state index in [4.69, 9.17) is 4.74 Å². The number of anilines is 2. The average Bonchev–Trinajstić information content (AvgIpc) is 3.10. The molecular weight excluding hydrogens is 405 g/mol. The monoisotopic (exact) mass is 422 g/mol. The van der Waals surface area contributed by atoms with Crippen LogP contribution in [0.4, 0.5) is 24.7 Å². The van der Waals surface area contributed by atoms with E-state index in [9.17, 15) is 18.0 Å². The van der Waals surface area contributed by atoms with Crippen molar-refractivity contribution in [3.63, 3.8) is 0 Å². The number of hydrogen-bond donors (Lipinski definition) is 1. The van der Waals surface area contributed by atoms with Crippen molar-refractivity contribution < 1.29 is 27.4 Å². The van der Waals surface area contributed by atoms with Gasteiger partial charge in [-0.2, -0.15) is 5.10 Å². The van der Waals surface area contributed by atoms with E-state index in [0.717, 1.165) is 12.1 Å². The molecule has 0 bridgehead atoms. The quantitative estimate of drug-likeness (QED) is 0.674. The molecule has 0 aliphatic carbocycles. The van der Waals surface area contributed by atoms with Crippen LogP contribution in [-0.2, 0) is 16.1 Å². The number of alkyl halides is 3. The van der Waals surface area contributed by atoms with Crippen molar-refractivity contribution in [1.29, 1.82) is 0 Å². The first-order valence-electron chi connectivity index (χ1n) is 9.04. The molecule has 1 aromatic carbocycles. The summed E-state index contributed by atoms with van der Waals surface area (Å²) < 4.78 is 47.7. The van der Waals surface area contributed by atoms with Gasteiger partial charge in [0.15, 0.2) is 5.65 Å². The zero-order chi connectivity index (χ0) is 21.1. The predicted octanol–water partition coefficient (Wildman–Crippen LogP) is 2.20. The fourth-order valence-corrected chi connectivity index (χ4v) is 3.13. The molecule has 1 fully saturated rings. The summed E-state index contributed by atoms with van der Waals surface area (Å²) in [6.07, 6.45) is -1.82. The van der Waals surface area contributed by atoms with Gasteiger partial charge in [0.25, 0.3) is 0 Å². The van der Waals surface area contributed by atoms with Gasteiger partial charge in [0.05, 0.1) is 24.8 Å². The Morgan fingerprint density at radius 1 is 1.23 bits per heavy atom. The van der Waals surface area contributed by atoms with Gasteiger partial charge in [-0.1, -0.05) is 6.07 Å². The number of aromatic nitrogens is 4. The van der Waals surface area contributed by atoms with Crippen LogP contribution < -0.4 is 15.0 Å². The van der Waals surface area contributed by atoms with Gasteiger partial charge in [-0.25, -0.2) is 14.6 Å². The third kappa shape index (κ3) is 4.59. The highest BCUT2D eigenvalue weighted by atomic mass is 19.4. The number of morpholine rings is 1. The molecule has 0 radical (unpaired) electrons. The number of carbonyl (C=O) groups is 1. The highest BCUT2D eigenvalue weighted by Gasteiger charge is 2.31. The number of carbonyl (C=O) groups excluding carboxylic acids is 1. The molecule has 1 N–H and O–H groups in total. The third-order valence-electron chi connectivity index (χ3n) is 4.37. The molecule has 1 aliphatic heterocycles. The molecule has 158 valence electrons. The van der Waals surface area contributed by atoms with Crippen molar-refractivity contribution in [2.45, 2.75) is 12.9 Å². The fourth-order valence-electron chi connectivity index (χ4n) is 3.13. The molecule has 0 spiro atoms. The normalized spacial score (nSPS) is 14.7. The number of amides is 1. The Bertz CT molecular complexity index is 1050. The molecule has 1 amide bonds. The van der Waals surface area contributed by atoms with Crippen molar-refractivity contribution >= 4 is 28.4 Å². The molecule has 12 heteroatoms. The molecule has 0 atom stereocenters. The second-order valence-electron chi connectivity index (χ2n) is 6.46. The maximum absolute atomic E-state index is 12.4. The largest absolute Gasteiger partial charge is 0.573 e. The number of fused-ring (bicyclic) bond motifs is 1. The van der Waals surface area contributed by atoms with Gasteiger partial charge >= 0.3 is 6.36 Å². The minimum Gasteiger partial charge on any atom is -0.406 e. The molecule has 2 aromatic heterocycles. The second kappa shape index (κ2) is 8.14. The number of nitrogens with zero attached hydrogens (tertiary/aromatic N) is 5. The summed E-state index contributed by atoms with van der Waals surface area (Å²) in [4.78, 5) is 23.0. The van der Waals surface area contributed by atoms with Crippen LogP contribution in [0.2, 0.25) is 0 Å². The number of halogens is 3. The Labute approximate surface area is 168 Å². The molecule has 0 saturated carbocycles. The molecule has 1 saturated heterocycles. The highest BCUT2D eigenvalue weighted by Crippen LogP contribution is 2.26. The van der Waals surface area contributed by atoms with Crippen LogP contribution >= 0.6 is 0 Å². The second-order valence-corrected chi connectivity index (χ2v) is 6.46. The van der Waals surface area contributed by atoms with Crippen LogP contribution in [0.1, 0.15) is 0 Å². The summed E-state index contributed by atoms with van der Waals surface area (Å²) in [7, 11) is 0. The summed E-state index contributed by atoms with van der Waals surface area (Å²) in [6.45, 7) is 2.40. The zero-order valence-corrected chi connectivity index (χ0v) is 15.6. The molecule has 9 nitrogen and oxygen atoms in total. The van der Waals surface area contributed by atoms with Crippen molar-refractivity contribution in [3.8, 4) is 5.75 Å². The Morgan fingerprint density at radius 3 is 2.80 bits per heavy atom. The van der Waals surface area contributed by atoms with E-state index < -0.39 is 18.0 Å². The molecule has 1 aliphatic rings. The van der Waals surface area contributed by atoms with Crippen molar-refractivity contribution in [2.24, 2.45) is 0 Å².